The van der Waals surface area contributed by atoms with E-state index in [1.165, 1.54) is 11.0 Å². The highest BCUT2D eigenvalue weighted by Gasteiger charge is 2.45. The van der Waals surface area contributed by atoms with Crippen LogP contribution in [0.25, 0.3) is 0 Å². The van der Waals surface area contributed by atoms with Gasteiger partial charge in [-0.3, -0.25) is 14.6 Å². The first-order valence-electron chi connectivity index (χ1n) is 15.5. The summed E-state index contributed by atoms with van der Waals surface area (Å²) in [4.78, 5) is 22.5. The van der Waals surface area contributed by atoms with Crippen molar-refractivity contribution < 1.29 is 22.7 Å². The number of aryl methyl sites for hydroxylation is 1. The number of carbonyl (C=O) groups is 1. The van der Waals surface area contributed by atoms with Gasteiger partial charge in [-0.2, -0.15) is 24.9 Å². The van der Waals surface area contributed by atoms with Crippen molar-refractivity contribution in [2.75, 3.05) is 55.1 Å². The molecule has 13 heteroatoms. The van der Waals surface area contributed by atoms with Crippen LogP contribution < -0.4 is 10.2 Å². The first kappa shape index (κ1) is 31.8. The summed E-state index contributed by atoms with van der Waals surface area (Å²) in [6.45, 7) is 7.05. The lowest BCUT2D eigenvalue weighted by molar-refractivity contribution is -0.138. The molecule has 0 spiro atoms. The van der Waals surface area contributed by atoms with E-state index in [9.17, 15) is 18.0 Å². The lowest BCUT2D eigenvalue weighted by Gasteiger charge is -2.42. The van der Waals surface area contributed by atoms with Crippen LogP contribution in [0.4, 0.5) is 24.8 Å². The van der Waals surface area contributed by atoms with Crippen LogP contribution in [0.15, 0.2) is 30.6 Å². The van der Waals surface area contributed by atoms with E-state index in [4.69, 9.17) is 9.72 Å². The van der Waals surface area contributed by atoms with Gasteiger partial charge in [0.05, 0.1) is 25.3 Å². The summed E-state index contributed by atoms with van der Waals surface area (Å²) in [6, 6.07) is 6.54. The maximum Gasteiger partial charge on any atom is 0.416 e. The van der Waals surface area contributed by atoms with E-state index in [0.29, 0.717) is 55.0 Å². The Hall–Kier alpha value is -3.16. The Morgan fingerprint density at radius 3 is 2.64 bits per heavy atom. The number of halogens is 3. The van der Waals surface area contributed by atoms with E-state index in [1.807, 2.05) is 36.9 Å². The highest BCUT2D eigenvalue weighted by Crippen LogP contribution is 2.43. The van der Waals surface area contributed by atoms with Crippen LogP contribution in [0.1, 0.15) is 71.2 Å². The number of ether oxygens (including phenoxy) is 1. The molecule has 6 rings (SSSR count). The molecular formula is C32H40F3N7O2S. The number of aromatic nitrogens is 4. The number of rotatable bonds is 10. The zero-order valence-corrected chi connectivity index (χ0v) is 27.0. The number of nitrogens with zero attached hydrogens (tertiary/aromatic N) is 6. The number of amides is 1. The molecule has 9 nitrogen and oxygen atoms in total. The Labute approximate surface area is 265 Å². The topological polar surface area (TPSA) is 88.4 Å². The van der Waals surface area contributed by atoms with Gasteiger partial charge in [-0.15, -0.1) is 10.2 Å². The smallest absolute Gasteiger partial charge is 0.379 e. The van der Waals surface area contributed by atoms with Gasteiger partial charge < -0.3 is 14.6 Å². The first-order valence-corrected chi connectivity index (χ1v) is 16.9. The standard InChI is InChI=1S/C32H40F3N7O2S/c1-5-36-27-11-22(31(17-44-18-31)13-29-39-37-19-40(29)3)12-28(38-27)42-15-24-23(30(42)43)9-21(10-25(24)32(33,34)35)26(16-45-4)41-8-6-7-20(2)14-41/h9-12,19-20,26H,5-8,13-18H2,1-4H3,(H,36,38)/t20-,26?/m0/s1. The zero-order chi connectivity index (χ0) is 31.9. The molecule has 1 N–H and O–H groups in total. The lowest BCUT2D eigenvalue weighted by Crippen LogP contribution is -2.49. The van der Waals surface area contributed by atoms with Crippen LogP contribution in [-0.4, -0.2) is 75.4 Å². The second kappa shape index (κ2) is 12.6. The summed E-state index contributed by atoms with van der Waals surface area (Å²) >= 11 is 1.61. The number of fused-ring (bicyclic) bond motifs is 1. The average molecular weight is 644 g/mol. The van der Waals surface area contributed by atoms with Gasteiger partial charge in [0.1, 0.15) is 23.8 Å². The largest absolute Gasteiger partial charge is 0.416 e. The molecule has 1 aromatic carbocycles. The number of anilines is 2. The minimum Gasteiger partial charge on any atom is -0.379 e. The third kappa shape index (κ3) is 6.18. The third-order valence-electron chi connectivity index (χ3n) is 9.32. The van der Waals surface area contributed by atoms with Gasteiger partial charge in [0.25, 0.3) is 5.91 Å². The molecule has 45 heavy (non-hydrogen) atoms. The number of pyridine rings is 1. The van der Waals surface area contributed by atoms with Crippen molar-refractivity contribution in [2.24, 2.45) is 13.0 Å². The average Bonchev–Trinajstić information content (AvgIpc) is 3.54. The summed E-state index contributed by atoms with van der Waals surface area (Å²) in [5, 5.41) is 11.5. The second-order valence-electron chi connectivity index (χ2n) is 12.6. The van der Waals surface area contributed by atoms with E-state index in [-0.39, 0.29) is 23.7 Å². The van der Waals surface area contributed by atoms with Crippen LogP contribution in [0.5, 0.6) is 0 Å². The van der Waals surface area contributed by atoms with Gasteiger partial charge in [0, 0.05) is 49.3 Å². The molecule has 2 saturated heterocycles. The van der Waals surface area contributed by atoms with Crippen molar-refractivity contribution in [3.05, 3.63) is 64.2 Å². The van der Waals surface area contributed by atoms with E-state index >= 15 is 0 Å². The Morgan fingerprint density at radius 1 is 1.22 bits per heavy atom. The number of nitrogens with one attached hydrogen (secondary N) is 1. The van der Waals surface area contributed by atoms with Crippen molar-refractivity contribution in [3.63, 3.8) is 0 Å². The monoisotopic (exact) mass is 643 g/mol. The normalized spacial score (nSPS) is 20.6. The quantitative estimate of drug-likeness (QED) is 0.312. The predicted octanol–water partition coefficient (Wildman–Crippen LogP) is 5.47. The van der Waals surface area contributed by atoms with E-state index in [1.54, 1.807) is 24.2 Å². The fourth-order valence-corrected chi connectivity index (χ4v) is 7.58. The molecule has 0 radical (unpaired) electrons. The van der Waals surface area contributed by atoms with E-state index < -0.39 is 23.1 Å². The number of benzene rings is 1. The summed E-state index contributed by atoms with van der Waals surface area (Å²) in [7, 11) is 1.88. The second-order valence-corrected chi connectivity index (χ2v) is 13.5. The molecule has 1 amide bonds. The van der Waals surface area contributed by atoms with E-state index in [0.717, 1.165) is 37.3 Å². The van der Waals surface area contributed by atoms with Gasteiger partial charge in [-0.1, -0.05) is 6.92 Å². The number of likely N-dealkylation sites (tertiary alicyclic amines) is 1. The molecule has 2 atom stereocenters. The van der Waals surface area contributed by atoms with Crippen molar-refractivity contribution in [2.45, 2.75) is 57.3 Å². The van der Waals surface area contributed by atoms with Gasteiger partial charge in [0.15, 0.2) is 0 Å². The van der Waals surface area contributed by atoms with Crippen molar-refractivity contribution in [1.29, 1.82) is 0 Å². The van der Waals surface area contributed by atoms with Gasteiger partial charge >= 0.3 is 6.18 Å². The summed E-state index contributed by atoms with van der Waals surface area (Å²) in [5.74, 6) is 2.30. The zero-order valence-electron chi connectivity index (χ0n) is 26.2. The summed E-state index contributed by atoms with van der Waals surface area (Å²) in [6.07, 6.45) is 1.68. The highest BCUT2D eigenvalue weighted by molar-refractivity contribution is 7.98. The van der Waals surface area contributed by atoms with Gasteiger partial charge in [-0.25, -0.2) is 4.98 Å². The van der Waals surface area contributed by atoms with E-state index in [2.05, 4.69) is 27.3 Å². The lowest BCUT2D eigenvalue weighted by atomic mass is 9.75. The number of piperidine rings is 1. The highest BCUT2D eigenvalue weighted by atomic mass is 32.2. The molecule has 1 unspecified atom stereocenters. The van der Waals surface area contributed by atoms with Gasteiger partial charge in [-0.05, 0) is 79.4 Å². The Kier molecular flexibility index (Phi) is 8.88. The number of alkyl halides is 3. The van der Waals surface area contributed by atoms with Crippen LogP contribution in [0.3, 0.4) is 0 Å². The van der Waals surface area contributed by atoms with Crippen molar-refractivity contribution in [3.8, 4) is 0 Å². The van der Waals surface area contributed by atoms with Gasteiger partial charge in [0.2, 0.25) is 0 Å². The molecular weight excluding hydrogens is 603 g/mol. The predicted molar refractivity (Wildman–Crippen MR) is 169 cm³/mol. The molecule has 0 bridgehead atoms. The number of hydrogen-bond donors (Lipinski definition) is 1. The molecule has 3 aliphatic rings. The molecule has 2 aromatic heterocycles. The molecule has 242 valence electrons. The summed E-state index contributed by atoms with van der Waals surface area (Å²) in [5.41, 5.74) is 0.370. The number of hydrogen-bond acceptors (Lipinski definition) is 8. The van der Waals surface area contributed by atoms with Crippen molar-refractivity contribution >= 4 is 29.3 Å². The molecule has 3 aromatic rings. The minimum atomic E-state index is -4.61. The number of thioether (sulfide) groups is 1. The van der Waals surface area contributed by atoms with Crippen LogP contribution in [0, 0.1) is 5.92 Å². The Bertz CT molecular complexity index is 1560. The van der Waals surface area contributed by atoms with Crippen LogP contribution in [-0.2, 0) is 36.3 Å². The molecule has 0 saturated carbocycles. The molecule has 0 aliphatic carbocycles. The van der Waals surface area contributed by atoms with Crippen molar-refractivity contribution in [1.82, 2.24) is 24.6 Å². The Balaban J connectivity index is 1.40. The maximum absolute atomic E-state index is 14.7. The fourth-order valence-electron chi connectivity index (χ4n) is 6.86. The molecule has 2 fully saturated rings. The molecule has 5 heterocycles. The van der Waals surface area contributed by atoms with Crippen LogP contribution in [0.2, 0.25) is 0 Å². The SMILES string of the molecule is CCNc1cc(C2(Cc3nncn3C)COC2)cc(N2Cc3c(cc(C(CSC)N4CCC[C@H](C)C4)cc3C(F)(F)F)C2=O)n1. The minimum absolute atomic E-state index is 0.00384. The maximum atomic E-state index is 14.7. The first-order chi connectivity index (χ1) is 21.5. The number of carbonyl (C=O) groups excluding carboxylic acids is 1. The third-order valence-corrected chi connectivity index (χ3v) is 9.97. The molecule has 3 aliphatic heterocycles. The van der Waals surface area contributed by atoms with Crippen LogP contribution >= 0.6 is 11.8 Å². The fraction of sp³-hybridized carbons (Fsp3) is 0.562. The summed E-state index contributed by atoms with van der Waals surface area (Å²) < 4.78 is 51.6. The Morgan fingerprint density at radius 2 is 2.02 bits per heavy atom.